The van der Waals surface area contributed by atoms with Gasteiger partial charge in [0.1, 0.15) is 22.8 Å². The van der Waals surface area contributed by atoms with E-state index in [9.17, 15) is 14.9 Å². The zero-order valence-electron chi connectivity index (χ0n) is 17.9. The number of benzene rings is 3. The van der Waals surface area contributed by atoms with Gasteiger partial charge < -0.3 is 9.47 Å². The standard InChI is InChI=1S/C24H24N2O5/c1-24(2,3)31-23(27)25(4)22-16-20(13-14-21(22)26(28)29)30-19-12-8-11-18(15-19)17-9-6-5-7-10-17/h5-16H,1-4H3. The fourth-order valence-electron chi connectivity index (χ4n) is 2.92. The van der Waals surface area contributed by atoms with Crippen LogP contribution in [-0.4, -0.2) is 23.7 Å². The van der Waals surface area contributed by atoms with Crippen molar-refractivity contribution in [1.29, 1.82) is 0 Å². The van der Waals surface area contributed by atoms with Crippen LogP contribution in [0.4, 0.5) is 16.2 Å². The molecule has 0 aliphatic rings. The zero-order chi connectivity index (χ0) is 22.6. The summed E-state index contributed by atoms with van der Waals surface area (Å²) < 4.78 is 11.3. The molecule has 0 aliphatic carbocycles. The molecule has 3 rings (SSSR count). The van der Waals surface area contributed by atoms with Crippen LogP contribution in [0.2, 0.25) is 0 Å². The molecule has 0 saturated heterocycles. The van der Waals surface area contributed by atoms with E-state index >= 15 is 0 Å². The first-order valence-corrected chi connectivity index (χ1v) is 9.72. The van der Waals surface area contributed by atoms with Crippen LogP contribution in [0.5, 0.6) is 11.5 Å². The molecule has 1 amide bonds. The summed E-state index contributed by atoms with van der Waals surface area (Å²) in [6.45, 7) is 5.19. The molecular formula is C24H24N2O5. The normalized spacial score (nSPS) is 11.0. The molecule has 0 heterocycles. The average molecular weight is 420 g/mol. The van der Waals surface area contributed by atoms with Crippen molar-refractivity contribution in [3.63, 3.8) is 0 Å². The van der Waals surface area contributed by atoms with Crippen molar-refractivity contribution in [2.75, 3.05) is 11.9 Å². The largest absolute Gasteiger partial charge is 0.457 e. The first kappa shape index (κ1) is 21.8. The molecule has 0 aromatic heterocycles. The van der Waals surface area contributed by atoms with Crippen LogP contribution < -0.4 is 9.64 Å². The van der Waals surface area contributed by atoms with E-state index in [1.54, 1.807) is 26.8 Å². The van der Waals surface area contributed by atoms with Crippen molar-refractivity contribution in [1.82, 2.24) is 0 Å². The Morgan fingerprint density at radius 1 is 0.903 bits per heavy atom. The second-order valence-electron chi connectivity index (χ2n) is 7.94. The number of ether oxygens (including phenoxy) is 2. The van der Waals surface area contributed by atoms with Gasteiger partial charge in [0.15, 0.2) is 0 Å². The fraction of sp³-hybridized carbons (Fsp3) is 0.208. The number of nitro benzene ring substituents is 1. The SMILES string of the molecule is CN(C(=O)OC(C)(C)C)c1cc(Oc2cccc(-c3ccccc3)c2)ccc1[N+](=O)[O-]. The van der Waals surface area contributed by atoms with Crippen LogP contribution in [0, 0.1) is 10.1 Å². The van der Waals surface area contributed by atoms with Crippen LogP contribution in [-0.2, 0) is 4.74 Å². The van der Waals surface area contributed by atoms with E-state index in [1.807, 2.05) is 48.5 Å². The van der Waals surface area contributed by atoms with Gasteiger partial charge in [-0.05, 0) is 50.1 Å². The highest BCUT2D eigenvalue weighted by Gasteiger charge is 2.26. The molecule has 3 aromatic rings. The maximum absolute atomic E-state index is 12.4. The zero-order valence-corrected chi connectivity index (χ0v) is 17.9. The van der Waals surface area contributed by atoms with Gasteiger partial charge in [0.2, 0.25) is 0 Å². The molecule has 160 valence electrons. The third-order valence-corrected chi connectivity index (χ3v) is 4.35. The predicted molar refractivity (Wildman–Crippen MR) is 120 cm³/mol. The van der Waals surface area contributed by atoms with E-state index in [4.69, 9.17) is 9.47 Å². The Morgan fingerprint density at radius 2 is 1.55 bits per heavy atom. The fourth-order valence-corrected chi connectivity index (χ4v) is 2.92. The minimum Gasteiger partial charge on any atom is -0.457 e. The van der Waals surface area contributed by atoms with Crippen molar-refractivity contribution in [2.24, 2.45) is 0 Å². The maximum Gasteiger partial charge on any atom is 0.414 e. The van der Waals surface area contributed by atoms with Crippen molar-refractivity contribution < 1.29 is 19.2 Å². The molecule has 0 atom stereocenters. The average Bonchev–Trinajstić information content (AvgIpc) is 2.72. The number of carbonyl (C=O) groups is 1. The summed E-state index contributed by atoms with van der Waals surface area (Å²) in [5.74, 6) is 0.933. The highest BCUT2D eigenvalue weighted by atomic mass is 16.6. The maximum atomic E-state index is 12.4. The highest BCUT2D eigenvalue weighted by molar-refractivity contribution is 5.90. The highest BCUT2D eigenvalue weighted by Crippen LogP contribution is 2.35. The molecule has 7 heteroatoms. The van der Waals surface area contributed by atoms with Crippen molar-refractivity contribution >= 4 is 17.5 Å². The van der Waals surface area contributed by atoms with E-state index in [1.165, 1.54) is 25.2 Å². The Balaban J connectivity index is 1.90. The number of nitro groups is 1. The van der Waals surface area contributed by atoms with Gasteiger partial charge in [0.25, 0.3) is 5.69 Å². The predicted octanol–water partition coefficient (Wildman–Crippen LogP) is 6.43. The van der Waals surface area contributed by atoms with E-state index in [-0.39, 0.29) is 11.4 Å². The minimum absolute atomic E-state index is 0.0796. The van der Waals surface area contributed by atoms with Gasteiger partial charge in [0, 0.05) is 19.2 Å². The molecule has 0 aliphatic heterocycles. The van der Waals surface area contributed by atoms with Crippen LogP contribution in [0.25, 0.3) is 11.1 Å². The monoisotopic (exact) mass is 420 g/mol. The first-order valence-electron chi connectivity index (χ1n) is 9.72. The number of amides is 1. The summed E-state index contributed by atoms with van der Waals surface area (Å²) in [5, 5.41) is 11.5. The Labute approximate surface area is 181 Å². The number of anilines is 1. The first-order chi connectivity index (χ1) is 14.6. The number of nitrogens with zero attached hydrogens (tertiary/aromatic N) is 2. The Hall–Kier alpha value is -3.87. The second-order valence-corrected chi connectivity index (χ2v) is 7.94. The van der Waals surface area contributed by atoms with Gasteiger partial charge in [-0.1, -0.05) is 42.5 Å². The topological polar surface area (TPSA) is 81.9 Å². The molecule has 0 bridgehead atoms. The lowest BCUT2D eigenvalue weighted by molar-refractivity contribution is -0.384. The lowest BCUT2D eigenvalue weighted by atomic mass is 10.1. The quantitative estimate of drug-likeness (QED) is 0.351. The smallest absolute Gasteiger partial charge is 0.414 e. The van der Waals surface area contributed by atoms with Crippen molar-refractivity contribution in [2.45, 2.75) is 26.4 Å². The Kier molecular flexibility index (Phi) is 6.25. The minimum atomic E-state index is -0.730. The number of hydrogen-bond acceptors (Lipinski definition) is 5. The van der Waals surface area contributed by atoms with Gasteiger partial charge in [-0.15, -0.1) is 0 Å². The summed E-state index contributed by atoms with van der Waals surface area (Å²) in [4.78, 5) is 24.5. The molecule has 7 nitrogen and oxygen atoms in total. The Bertz CT molecular complexity index is 1090. The summed E-state index contributed by atoms with van der Waals surface area (Å²) in [5.41, 5.74) is 1.15. The van der Waals surface area contributed by atoms with Gasteiger partial charge in [-0.3, -0.25) is 15.0 Å². The number of rotatable bonds is 5. The lowest BCUT2D eigenvalue weighted by Gasteiger charge is -2.24. The molecular weight excluding hydrogens is 396 g/mol. The van der Waals surface area contributed by atoms with Gasteiger partial charge in [-0.25, -0.2) is 4.79 Å². The van der Waals surface area contributed by atoms with E-state index < -0.39 is 16.6 Å². The summed E-state index contributed by atoms with van der Waals surface area (Å²) in [6, 6.07) is 21.6. The van der Waals surface area contributed by atoms with Gasteiger partial charge in [-0.2, -0.15) is 0 Å². The molecule has 0 fully saturated rings. The molecule has 3 aromatic carbocycles. The van der Waals surface area contributed by atoms with Gasteiger partial charge in [0.05, 0.1) is 4.92 Å². The van der Waals surface area contributed by atoms with Crippen molar-refractivity contribution in [3.05, 3.63) is 82.9 Å². The summed E-state index contributed by atoms with van der Waals surface area (Å²) in [6.07, 6.45) is -0.696. The van der Waals surface area contributed by atoms with E-state index in [0.717, 1.165) is 16.0 Å². The van der Waals surface area contributed by atoms with Gasteiger partial charge >= 0.3 is 6.09 Å². The second kappa shape index (κ2) is 8.87. The molecule has 0 spiro atoms. The van der Waals surface area contributed by atoms with Crippen LogP contribution in [0.3, 0.4) is 0 Å². The lowest BCUT2D eigenvalue weighted by Crippen LogP contribution is -2.34. The molecule has 0 N–H and O–H groups in total. The van der Waals surface area contributed by atoms with Crippen molar-refractivity contribution in [3.8, 4) is 22.6 Å². The molecule has 0 radical (unpaired) electrons. The Morgan fingerprint density at radius 3 is 2.19 bits per heavy atom. The van der Waals surface area contributed by atoms with E-state index in [2.05, 4.69) is 0 Å². The van der Waals surface area contributed by atoms with E-state index in [0.29, 0.717) is 11.5 Å². The van der Waals surface area contributed by atoms with Crippen LogP contribution >= 0.6 is 0 Å². The summed E-state index contributed by atoms with van der Waals surface area (Å²) >= 11 is 0. The molecule has 0 saturated carbocycles. The molecule has 0 unspecified atom stereocenters. The third kappa shape index (κ3) is 5.60. The molecule has 31 heavy (non-hydrogen) atoms. The summed E-state index contributed by atoms with van der Waals surface area (Å²) in [7, 11) is 1.43. The number of carbonyl (C=O) groups excluding carboxylic acids is 1. The van der Waals surface area contributed by atoms with Crippen LogP contribution in [0.1, 0.15) is 20.8 Å². The number of hydrogen-bond donors (Lipinski definition) is 0. The third-order valence-electron chi connectivity index (χ3n) is 4.35. The van der Waals surface area contributed by atoms with Crippen LogP contribution in [0.15, 0.2) is 72.8 Å².